The molecule has 0 aliphatic rings. The molecule has 0 atom stereocenters. The van der Waals surface area contributed by atoms with Crippen LogP contribution < -0.4 is 4.90 Å². The molecule has 0 fully saturated rings. The van der Waals surface area contributed by atoms with Crippen molar-refractivity contribution in [2.24, 2.45) is 0 Å². The third kappa shape index (κ3) is 5.45. The van der Waals surface area contributed by atoms with Crippen LogP contribution in [0.15, 0.2) is 199 Å². The van der Waals surface area contributed by atoms with Gasteiger partial charge in [0.25, 0.3) is 0 Å². The fourth-order valence-electron chi connectivity index (χ4n) is 7.90. The minimum Gasteiger partial charge on any atom is -0.455 e. The molecule has 5 heteroatoms. The van der Waals surface area contributed by atoms with E-state index in [0.717, 1.165) is 71.8 Å². The zero-order valence-electron chi connectivity index (χ0n) is 30.2. The Morgan fingerprint density at radius 3 is 1.66 bits per heavy atom. The molecule has 0 amide bonds. The van der Waals surface area contributed by atoms with Gasteiger partial charge in [-0.2, -0.15) is 0 Å². The summed E-state index contributed by atoms with van der Waals surface area (Å²) >= 11 is 0. The second-order valence-corrected chi connectivity index (χ2v) is 14.1. The van der Waals surface area contributed by atoms with Crippen molar-refractivity contribution in [3.8, 4) is 34.2 Å². The molecule has 0 bridgehead atoms. The highest BCUT2D eigenvalue weighted by Gasteiger charge is 2.22. The average molecular weight is 717 g/mol. The van der Waals surface area contributed by atoms with Crippen LogP contribution in [0.25, 0.3) is 88.4 Å². The van der Waals surface area contributed by atoms with Gasteiger partial charge in [0.05, 0.1) is 5.69 Å². The number of anilines is 3. The van der Waals surface area contributed by atoms with Gasteiger partial charge in [-0.15, -0.1) is 0 Å². The molecular weight excluding hydrogens is 685 g/mol. The Morgan fingerprint density at radius 2 is 0.911 bits per heavy atom. The van der Waals surface area contributed by atoms with Crippen LogP contribution in [0.3, 0.4) is 0 Å². The maximum Gasteiger partial charge on any atom is 0.164 e. The van der Waals surface area contributed by atoms with E-state index in [4.69, 9.17) is 19.4 Å². The highest BCUT2D eigenvalue weighted by Crippen LogP contribution is 2.46. The first-order valence-corrected chi connectivity index (χ1v) is 18.8. The van der Waals surface area contributed by atoms with Crippen molar-refractivity contribution in [2.75, 3.05) is 4.90 Å². The lowest BCUT2D eigenvalue weighted by molar-refractivity contribution is 0.672. The predicted molar refractivity (Wildman–Crippen MR) is 231 cm³/mol. The molecule has 0 spiro atoms. The minimum absolute atomic E-state index is 0.594. The van der Waals surface area contributed by atoms with Crippen molar-refractivity contribution in [3.05, 3.63) is 194 Å². The van der Waals surface area contributed by atoms with Gasteiger partial charge >= 0.3 is 0 Å². The quantitative estimate of drug-likeness (QED) is 0.171. The monoisotopic (exact) mass is 716 g/mol. The van der Waals surface area contributed by atoms with Gasteiger partial charge in [0.2, 0.25) is 0 Å². The number of rotatable bonds is 6. The summed E-state index contributed by atoms with van der Waals surface area (Å²) in [4.78, 5) is 17.7. The smallest absolute Gasteiger partial charge is 0.164 e. The van der Waals surface area contributed by atoms with Crippen LogP contribution in [0.5, 0.6) is 0 Å². The third-order valence-corrected chi connectivity index (χ3v) is 10.6. The number of para-hydroxylation sites is 2. The molecule has 0 aliphatic carbocycles. The van der Waals surface area contributed by atoms with Crippen LogP contribution in [0, 0.1) is 0 Å². The van der Waals surface area contributed by atoms with Crippen molar-refractivity contribution in [1.82, 2.24) is 15.0 Å². The zero-order valence-corrected chi connectivity index (χ0v) is 30.2. The molecule has 2 heterocycles. The van der Waals surface area contributed by atoms with Gasteiger partial charge in [0.1, 0.15) is 11.2 Å². The molecule has 0 saturated heterocycles. The van der Waals surface area contributed by atoms with E-state index in [0.29, 0.717) is 17.5 Å². The Labute approximate surface area is 322 Å². The van der Waals surface area contributed by atoms with Crippen LogP contribution in [0.1, 0.15) is 0 Å². The number of hydrogen-bond acceptors (Lipinski definition) is 5. The molecule has 2 aromatic heterocycles. The van der Waals surface area contributed by atoms with Crippen molar-refractivity contribution in [1.29, 1.82) is 0 Å². The Morgan fingerprint density at radius 1 is 0.339 bits per heavy atom. The van der Waals surface area contributed by atoms with Crippen LogP contribution in [0.4, 0.5) is 17.1 Å². The largest absolute Gasteiger partial charge is 0.455 e. The Balaban J connectivity index is 1.19. The van der Waals surface area contributed by atoms with E-state index in [1.807, 2.05) is 42.5 Å². The second kappa shape index (κ2) is 13.0. The van der Waals surface area contributed by atoms with Crippen LogP contribution >= 0.6 is 0 Å². The Bertz CT molecular complexity index is 3260. The first kappa shape index (κ1) is 31.9. The van der Waals surface area contributed by atoms with Crippen molar-refractivity contribution in [3.63, 3.8) is 0 Å². The molecule has 262 valence electrons. The average Bonchev–Trinajstić information content (AvgIpc) is 3.65. The third-order valence-electron chi connectivity index (χ3n) is 10.6. The molecular formula is C51H32N4O. The van der Waals surface area contributed by atoms with Gasteiger partial charge < -0.3 is 9.32 Å². The summed E-state index contributed by atoms with van der Waals surface area (Å²) in [5, 5.41) is 8.82. The summed E-state index contributed by atoms with van der Waals surface area (Å²) in [6.45, 7) is 0. The van der Waals surface area contributed by atoms with Crippen molar-refractivity contribution in [2.45, 2.75) is 0 Å². The van der Waals surface area contributed by atoms with Crippen molar-refractivity contribution < 1.29 is 4.42 Å². The molecule has 11 aromatic rings. The van der Waals surface area contributed by atoms with E-state index >= 15 is 0 Å². The van der Waals surface area contributed by atoms with Gasteiger partial charge in [-0.05, 0) is 76.1 Å². The zero-order chi connectivity index (χ0) is 37.0. The number of furan rings is 1. The van der Waals surface area contributed by atoms with E-state index < -0.39 is 0 Å². The first-order valence-electron chi connectivity index (χ1n) is 18.8. The molecule has 0 aliphatic heterocycles. The van der Waals surface area contributed by atoms with Gasteiger partial charge in [0, 0.05) is 49.6 Å². The number of benzene rings is 9. The molecule has 0 saturated carbocycles. The maximum absolute atomic E-state index is 6.64. The SMILES string of the molecule is c1ccc(-c2nc(-c3ccc4ccccc4c3)nc(-c3ccc4c(c3)c(N(c3ccccc3)c3ccc5ccccc5c3)cc3c5ccccc5oc43)n2)cc1. The molecule has 0 N–H and O–H groups in total. The maximum atomic E-state index is 6.64. The van der Waals surface area contributed by atoms with Gasteiger partial charge in [-0.3, -0.25) is 0 Å². The first-order chi connectivity index (χ1) is 27.7. The normalized spacial score (nSPS) is 11.6. The second-order valence-electron chi connectivity index (χ2n) is 14.1. The summed E-state index contributed by atoms with van der Waals surface area (Å²) in [6.07, 6.45) is 0. The summed E-state index contributed by atoms with van der Waals surface area (Å²) in [5.41, 5.74) is 7.56. The number of aromatic nitrogens is 3. The number of hydrogen-bond donors (Lipinski definition) is 0. The minimum atomic E-state index is 0.594. The fraction of sp³-hybridized carbons (Fsp3) is 0. The van der Waals surface area contributed by atoms with E-state index in [1.165, 1.54) is 16.2 Å². The van der Waals surface area contributed by atoms with Gasteiger partial charge in [-0.25, -0.2) is 15.0 Å². The Kier molecular flexibility index (Phi) is 7.42. The van der Waals surface area contributed by atoms with Crippen LogP contribution in [-0.4, -0.2) is 15.0 Å². The lowest BCUT2D eigenvalue weighted by Gasteiger charge is -2.27. The summed E-state index contributed by atoms with van der Waals surface area (Å²) < 4.78 is 6.64. The Hall–Kier alpha value is -7.63. The highest BCUT2D eigenvalue weighted by atomic mass is 16.3. The summed E-state index contributed by atoms with van der Waals surface area (Å²) in [7, 11) is 0. The fourth-order valence-corrected chi connectivity index (χ4v) is 7.90. The van der Waals surface area contributed by atoms with E-state index in [-0.39, 0.29) is 0 Å². The summed E-state index contributed by atoms with van der Waals surface area (Å²) in [6, 6.07) is 67.6. The standard InChI is InChI=1S/C51H32N4O/c1-3-15-35(16-4-1)49-52-50(38-24-23-33-13-7-9-17-36(33)29-38)54-51(53-49)39-26-28-43-44(31-39)46(32-45-42-21-11-12-22-47(42)56-48(43)45)55(40-19-5-2-6-20-40)41-27-25-34-14-8-10-18-37(34)30-41/h1-32H. The van der Waals surface area contributed by atoms with E-state index in [9.17, 15) is 0 Å². The van der Waals surface area contributed by atoms with Gasteiger partial charge in [0.15, 0.2) is 17.5 Å². The number of fused-ring (bicyclic) bond motifs is 7. The molecule has 0 radical (unpaired) electrons. The predicted octanol–water partition coefficient (Wildman–Crippen LogP) is 13.7. The van der Waals surface area contributed by atoms with E-state index in [2.05, 4.69) is 157 Å². The highest BCUT2D eigenvalue weighted by molar-refractivity contribution is 6.20. The van der Waals surface area contributed by atoms with Gasteiger partial charge in [-0.1, -0.05) is 140 Å². The molecule has 5 nitrogen and oxygen atoms in total. The lowest BCUT2D eigenvalue weighted by Crippen LogP contribution is -2.10. The van der Waals surface area contributed by atoms with Crippen LogP contribution in [-0.2, 0) is 0 Å². The molecule has 11 rings (SSSR count). The molecule has 0 unspecified atom stereocenters. The van der Waals surface area contributed by atoms with Crippen molar-refractivity contribution >= 4 is 71.3 Å². The lowest BCUT2D eigenvalue weighted by atomic mass is 9.99. The van der Waals surface area contributed by atoms with E-state index in [1.54, 1.807) is 0 Å². The number of nitrogens with zero attached hydrogens (tertiary/aromatic N) is 4. The summed E-state index contributed by atoms with van der Waals surface area (Å²) in [5.74, 6) is 1.83. The molecule has 56 heavy (non-hydrogen) atoms. The van der Waals surface area contributed by atoms with Crippen LogP contribution in [0.2, 0.25) is 0 Å². The molecule has 9 aromatic carbocycles. The topological polar surface area (TPSA) is 55.1 Å².